The zero-order chi connectivity index (χ0) is 14.3. The van der Waals surface area contributed by atoms with Crippen LogP contribution in [0.4, 0.5) is 0 Å². The average molecular weight is 288 g/mol. The van der Waals surface area contributed by atoms with Crippen LogP contribution in [0.3, 0.4) is 0 Å². The van der Waals surface area contributed by atoms with Gasteiger partial charge >= 0.3 is 0 Å². The second kappa shape index (κ2) is 7.77. The van der Waals surface area contributed by atoms with Crippen molar-refractivity contribution in [3.63, 3.8) is 0 Å². The third kappa shape index (κ3) is 4.40. The summed E-state index contributed by atoms with van der Waals surface area (Å²) in [6.45, 7) is 4.48. The molecule has 0 radical (unpaired) electrons. The summed E-state index contributed by atoms with van der Waals surface area (Å²) in [6, 6.07) is 0. The number of hydrogen-bond acceptors (Lipinski definition) is 4. The van der Waals surface area contributed by atoms with Gasteiger partial charge in [0.05, 0.1) is 23.6 Å². The minimum atomic E-state index is -0.605. The number of methoxy groups -OCH3 is 1. The van der Waals surface area contributed by atoms with Gasteiger partial charge in [0, 0.05) is 20.3 Å². The van der Waals surface area contributed by atoms with Gasteiger partial charge in [-0.2, -0.15) is 0 Å². The molecule has 0 aromatic heterocycles. The number of hydrogen-bond donors (Lipinski definition) is 2. The zero-order valence-electron chi connectivity index (χ0n) is 11.7. The van der Waals surface area contributed by atoms with Crippen LogP contribution in [0.15, 0.2) is 0 Å². The Morgan fingerprint density at radius 3 is 2.63 bits per heavy atom. The van der Waals surface area contributed by atoms with Gasteiger partial charge in [-0.25, -0.2) is 0 Å². The highest BCUT2D eigenvalue weighted by Crippen LogP contribution is 2.45. The lowest BCUT2D eigenvalue weighted by atomic mass is 9.62. The van der Waals surface area contributed by atoms with E-state index in [2.05, 4.69) is 12.2 Å². The van der Waals surface area contributed by atoms with Crippen molar-refractivity contribution in [2.75, 3.05) is 33.5 Å². The molecule has 0 unspecified atom stereocenters. The first-order valence-corrected chi connectivity index (χ1v) is 7.08. The van der Waals surface area contributed by atoms with Crippen LogP contribution < -0.4 is 11.1 Å². The maximum atomic E-state index is 12.1. The third-order valence-corrected chi connectivity index (χ3v) is 3.87. The second-order valence-corrected chi connectivity index (χ2v) is 5.61. The number of ether oxygens (including phenoxy) is 2. The van der Waals surface area contributed by atoms with Gasteiger partial charge in [0.2, 0.25) is 5.91 Å². The fraction of sp³-hybridized carbons (Fsp3) is 0.846. The molecule has 3 N–H and O–H groups in total. The van der Waals surface area contributed by atoms with Gasteiger partial charge in [0.15, 0.2) is 0 Å². The molecule has 0 aromatic rings. The first-order valence-electron chi connectivity index (χ1n) is 6.68. The molecule has 110 valence electrons. The monoisotopic (exact) mass is 288 g/mol. The molecule has 6 heteroatoms. The van der Waals surface area contributed by atoms with Gasteiger partial charge in [-0.3, -0.25) is 4.79 Å². The Labute approximate surface area is 120 Å². The first kappa shape index (κ1) is 16.3. The molecule has 0 bridgehead atoms. The summed E-state index contributed by atoms with van der Waals surface area (Å²) in [5.41, 5.74) is 5.11. The number of thiocarbonyl (C=S) groups is 1. The molecule has 0 atom stereocenters. The smallest absolute Gasteiger partial charge is 0.233 e. The molecule has 1 fully saturated rings. The lowest BCUT2D eigenvalue weighted by molar-refractivity contribution is -0.132. The van der Waals surface area contributed by atoms with E-state index in [4.69, 9.17) is 27.4 Å². The quantitative estimate of drug-likeness (QED) is 0.486. The predicted molar refractivity (Wildman–Crippen MR) is 77.9 cm³/mol. The Bertz CT molecular complexity index is 317. The molecule has 0 heterocycles. The lowest BCUT2D eigenvalue weighted by Crippen LogP contribution is -2.56. The fourth-order valence-electron chi connectivity index (χ4n) is 2.42. The lowest BCUT2D eigenvalue weighted by Gasteiger charge is -2.44. The Hall–Kier alpha value is -0.720. The van der Waals surface area contributed by atoms with E-state index < -0.39 is 5.41 Å². The maximum Gasteiger partial charge on any atom is 0.233 e. The van der Waals surface area contributed by atoms with Crippen molar-refractivity contribution >= 4 is 23.1 Å². The van der Waals surface area contributed by atoms with Crippen LogP contribution in [-0.4, -0.2) is 44.4 Å². The summed E-state index contributed by atoms with van der Waals surface area (Å²) < 4.78 is 10.2. The summed E-state index contributed by atoms with van der Waals surface area (Å²) in [6.07, 6.45) is 2.30. The van der Waals surface area contributed by atoms with E-state index in [9.17, 15) is 4.79 Å². The largest absolute Gasteiger partial charge is 0.392 e. The SMILES string of the molecule is COCCOCCCNC(=O)C1(C(N)=S)CC(C)C1. The number of carbonyl (C=O) groups excluding carboxylic acids is 1. The third-order valence-electron chi connectivity index (χ3n) is 3.48. The number of amides is 1. The molecule has 0 spiro atoms. The Kier molecular flexibility index (Phi) is 6.68. The van der Waals surface area contributed by atoms with Crippen LogP contribution >= 0.6 is 12.2 Å². The molecule has 1 rings (SSSR count). The highest BCUT2D eigenvalue weighted by Gasteiger charge is 2.50. The van der Waals surface area contributed by atoms with Crippen molar-refractivity contribution in [3.05, 3.63) is 0 Å². The minimum Gasteiger partial charge on any atom is -0.392 e. The van der Waals surface area contributed by atoms with Crippen molar-refractivity contribution in [2.24, 2.45) is 17.1 Å². The summed E-state index contributed by atoms with van der Waals surface area (Å²) in [7, 11) is 1.64. The van der Waals surface area contributed by atoms with E-state index in [1.165, 1.54) is 0 Å². The molecular formula is C13H24N2O3S. The van der Waals surface area contributed by atoms with E-state index in [1.807, 2.05) is 0 Å². The molecule has 0 saturated heterocycles. The van der Waals surface area contributed by atoms with Crippen LogP contribution in [0, 0.1) is 11.3 Å². The average Bonchev–Trinajstić information content (AvgIpc) is 2.33. The normalized spacial score (nSPS) is 25.7. The van der Waals surface area contributed by atoms with Crippen molar-refractivity contribution in [1.29, 1.82) is 0 Å². The van der Waals surface area contributed by atoms with Gasteiger partial charge in [-0.1, -0.05) is 19.1 Å². The van der Waals surface area contributed by atoms with Gasteiger partial charge in [0.25, 0.3) is 0 Å². The van der Waals surface area contributed by atoms with E-state index in [-0.39, 0.29) is 5.91 Å². The predicted octanol–water partition coefficient (Wildman–Crippen LogP) is 0.858. The van der Waals surface area contributed by atoms with E-state index in [0.717, 1.165) is 19.3 Å². The maximum absolute atomic E-state index is 12.1. The summed E-state index contributed by atoms with van der Waals surface area (Å²) in [5.74, 6) is 0.486. The van der Waals surface area contributed by atoms with Crippen molar-refractivity contribution in [2.45, 2.75) is 26.2 Å². The Balaban J connectivity index is 2.18. The number of nitrogens with one attached hydrogen (secondary N) is 1. The van der Waals surface area contributed by atoms with Crippen molar-refractivity contribution < 1.29 is 14.3 Å². The van der Waals surface area contributed by atoms with Gasteiger partial charge in [0.1, 0.15) is 0 Å². The molecule has 5 nitrogen and oxygen atoms in total. The Morgan fingerprint density at radius 1 is 1.42 bits per heavy atom. The molecule has 1 aliphatic rings. The molecule has 0 aliphatic heterocycles. The van der Waals surface area contributed by atoms with Gasteiger partial charge in [-0.15, -0.1) is 0 Å². The van der Waals surface area contributed by atoms with Gasteiger partial charge < -0.3 is 20.5 Å². The number of rotatable bonds is 9. The van der Waals surface area contributed by atoms with Crippen molar-refractivity contribution in [1.82, 2.24) is 5.32 Å². The molecule has 1 saturated carbocycles. The topological polar surface area (TPSA) is 73.6 Å². The molecule has 19 heavy (non-hydrogen) atoms. The van der Waals surface area contributed by atoms with Crippen LogP contribution in [0.1, 0.15) is 26.2 Å². The molecule has 1 amide bonds. The summed E-state index contributed by atoms with van der Waals surface area (Å²) in [4.78, 5) is 12.4. The Morgan fingerprint density at radius 2 is 2.11 bits per heavy atom. The molecule has 1 aliphatic carbocycles. The second-order valence-electron chi connectivity index (χ2n) is 5.17. The van der Waals surface area contributed by atoms with Crippen LogP contribution in [0.25, 0.3) is 0 Å². The highest BCUT2D eigenvalue weighted by molar-refractivity contribution is 7.80. The zero-order valence-corrected chi connectivity index (χ0v) is 12.6. The molecular weight excluding hydrogens is 264 g/mol. The van der Waals surface area contributed by atoms with Crippen LogP contribution in [0.2, 0.25) is 0 Å². The first-order chi connectivity index (χ1) is 9.03. The molecule has 0 aromatic carbocycles. The fourth-order valence-corrected chi connectivity index (χ4v) is 2.68. The minimum absolute atomic E-state index is 0.0324. The number of carbonyl (C=O) groups is 1. The van der Waals surface area contributed by atoms with Gasteiger partial charge in [-0.05, 0) is 25.2 Å². The van der Waals surface area contributed by atoms with Crippen LogP contribution in [-0.2, 0) is 14.3 Å². The summed E-state index contributed by atoms with van der Waals surface area (Å²) >= 11 is 5.04. The number of nitrogens with two attached hydrogens (primary N) is 1. The van der Waals surface area contributed by atoms with E-state index in [1.54, 1.807) is 7.11 Å². The van der Waals surface area contributed by atoms with Crippen molar-refractivity contribution in [3.8, 4) is 0 Å². The van der Waals surface area contributed by atoms with E-state index >= 15 is 0 Å². The standard InChI is InChI=1S/C13H24N2O3S/c1-10-8-13(9-10,11(14)19)12(16)15-4-3-5-18-7-6-17-2/h10H,3-9H2,1-2H3,(H2,14,19)(H,15,16). The van der Waals surface area contributed by atoms with E-state index in [0.29, 0.717) is 37.3 Å². The summed E-state index contributed by atoms with van der Waals surface area (Å²) in [5, 5.41) is 2.90. The highest BCUT2D eigenvalue weighted by atomic mass is 32.1. The van der Waals surface area contributed by atoms with Crippen LogP contribution in [0.5, 0.6) is 0 Å².